The molecular formula is C20H27ClN4O3S. The van der Waals surface area contributed by atoms with Crippen LogP contribution in [0.4, 0.5) is 0 Å². The molecule has 0 aliphatic rings. The van der Waals surface area contributed by atoms with E-state index in [0.717, 1.165) is 23.8 Å². The van der Waals surface area contributed by atoms with Crippen molar-refractivity contribution >= 4 is 27.6 Å². The average Bonchev–Trinajstić information content (AvgIpc) is 2.72. The van der Waals surface area contributed by atoms with E-state index in [9.17, 15) is 8.42 Å². The monoisotopic (exact) mass is 438 g/mol. The van der Waals surface area contributed by atoms with Crippen LogP contribution >= 0.6 is 11.6 Å². The summed E-state index contributed by atoms with van der Waals surface area (Å²) in [6.07, 6.45) is 0. The number of benzene rings is 2. The maximum Gasteiger partial charge on any atom is 0.240 e. The molecule has 0 amide bonds. The summed E-state index contributed by atoms with van der Waals surface area (Å²) in [7, 11) is -0.100. The Morgan fingerprint density at radius 1 is 1.14 bits per heavy atom. The highest BCUT2D eigenvalue weighted by Crippen LogP contribution is 2.15. The Labute approximate surface area is 177 Å². The molecule has 9 heteroatoms. The second kappa shape index (κ2) is 11.0. The van der Waals surface area contributed by atoms with Crippen LogP contribution in [0.15, 0.2) is 58.4 Å². The standard InChI is InChI=1S/C20H27ClN4O3S/c1-4-23-20(25(3)13-14-28-18-9-7-17(21)8-10-18)24-15-16-5-11-19(12-6-16)29(26,27)22-2/h5-12,22H,4,13-15H2,1-3H3,(H,23,24). The number of hydrogen-bond acceptors (Lipinski definition) is 4. The Bertz CT molecular complexity index is 900. The SMILES string of the molecule is CCNC(=NCc1ccc(S(=O)(=O)NC)cc1)N(C)CCOc1ccc(Cl)cc1. The highest BCUT2D eigenvalue weighted by Gasteiger charge is 2.10. The zero-order chi connectivity index (χ0) is 21.3. The average molecular weight is 439 g/mol. The first-order valence-electron chi connectivity index (χ1n) is 9.26. The lowest BCUT2D eigenvalue weighted by Crippen LogP contribution is -2.40. The largest absolute Gasteiger partial charge is 0.492 e. The molecule has 0 fully saturated rings. The second-order valence-corrected chi connectivity index (χ2v) is 8.57. The van der Waals surface area contributed by atoms with Crippen LogP contribution < -0.4 is 14.8 Å². The summed E-state index contributed by atoms with van der Waals surface area (Å²) in [4.78, 5) is 6.84. The van der Waals surface area contributed by atoms with E-state index in [0.29, 0.717) is 24.7 Å². The van der Waals surface area contributed by atoms with E-state index in [4.69, 9.17) is 16.3 Å². The zero-order valence-corrected chi connectivity index (χ0v) is 18.4. The summed E-state index contributed by atoms with van der Waals surface area (Å²) in [5, 5.41) is 3.92. The van der Waals surface area contributed by atoms with Gasteiger partial charge in [0.25, 0.3) is 0 Å². The lowest BCUT2D eigenvalue weighted by molar-refractivity contribution is 0.281. The van der Waals surface area contributed by atoms with E-state index < -0.39 is 10.0 Å². The number of nitrogens with zero attached hydrogens (tertiary/aromatic N) is 2. The van der Waals surface area contributed by atoms with Crippen molar-refractivity contribution in [2.75, 3.05) is 33.8 Å². The van der Waals surface area contributed by atoms with Gasteiger partial charge in [0.2, 0.25) is 10.0 Å². The number of ether oxygens (including phenoxy) is 1. The van der Waals surface area contributed by atoms with Gasteiger partial charge in [-0.25, -0.2) is 18.1 Å². The number of guanidine groups is 1. The van der Waals surface area contributed by atoms with E-state index in [1.165, 1.54) is 7.05 Å². The first-order chi connectivity index (χ1) is 13.9. The van der Waals surface area contributed by atoms with Crippen molar-refractivity contribution in [2.24, 2.45) is 4.99 Å². The molecule has 0 aromatic heterocycles. The van der Waals surface area contributed by atoms with Gasteiger partial charge in [0.15, 0.2) is 5.96 Å². The summed E-state index contributed by atoms with van der Waals surface area (Å²) in [5.41, 5.74) is 0.918. The molecule has 0 aliphatic carbocycles. The highest BCUT2D eigenvalue weighted by molar-refractivity contribution is 7.89. The Morgan fingerprint density at radius 3 is 2.38 bits per heavy atom. The lowest BCUT2D eigenvalue weighted by Gasteiger charge is -2.22. The number of aliphatic imine (C=N–C) groups is 1. The minimum Gasteiger partial charge on any atom is -0.492 e. The summed E-state index contributed by atoms with van der Waals surface area (Å²) < 4.78 is 31.6. The van der Waals surface area contributed by atoms with Crippen LogP contribution in [0.2, 0.25) is 5.02 Å². The molecule has 2 aromatic carbocycles. The first-order valence-corrected chi connectivity index (χ1v) is 11.1. The van der Waals surface area contributed by atoms with Crippen molar-refractivity contribution in [3.63, 3.8) is 0 Å². The van der Waals surface area contributed by atoms with Crippen molar-refractivity contribution in [3.8, 4) is 5.75 Å². The molecule has 0 saturated heterocycles. The predicted octanol–water partition coefficient (Wildman–Crippen LogP) is 2.72. The Kier molecular flexibility index (Phi) is 8.75. The van der Waals surface area contributed by atoms with Gasteiger partial charge in [0.1, 0.15) is 12.4 Å². The molecule has 2 N–H and O–H groups in total. The normalized spacial score (nSPS) is 11.9. The Morgan fingerprint density at radius 2 is 1.79 bits per heavy atom. The van der Waals surface area contributed by atoms with Crippen LogP contribution in [0.25, 0.3) is 0 Å². The minimum absolute atomic E-state index is 0.233. The second-order valence-electron chi connectivity index (χ2n) is 6.25. The predicted molar refractivity (Wildman–Crippen MR) is 117 cm³/mol. The highest BCUT2D eigenvalue weighted by atomic mass is 35.5. The van der Waals surface area contributed by atoms with Gasteiger partial charge in [-0.1, -0.05) is 23.7 Å². The van der Waals surface area contributed by atoms with Gasteiger partial charge in [-0.15, -0.1) is 0 Å². The summed E-state index contributed by atoms with van der Waals surface area (Å²) in [6.45, 7) is 4.32. The van der Waals surface area contributed by atoms with Crippen molar-refractivity contribution < 1.29 is 13.2 Å². The quantitative estimate of drug-likeness (QED) is 0.464. The van der Waals surface area contributed by atoms with Crippen molar-refractivity contribution in [3.05, 3.63) is 59.1 Å². The van der Waals surface area contributed by atoms with Crippen LogP contribution in [0, 0.1) is 0 Å². The number of hydrogen-bond donors (Lipinski definition) is 2. The smallest absolute Gasteiger partial charge is 0.240 e. The first kappa shape index (κ1) is 23.0. The molecule has 0 unspecified atom stereocenters. The number of rotatable bonds is 9. The molecule has 0 saturated carbocycles. The molecule has 7 nitrogen and oxygen atoms in total. The fourth-order valence-electron chi connectivity index (χ4n) is 2.46. The van der Waals surface area contributed by atoms with Gasteiger partial charge < -0.3 is 15.0 Å². The lowest BCUT2D eigenvalue weighted by atomic mass is 10.2. The fraction of sp³-hybridized carbons (Fsp3) is 0.350. The van der Waals surface area contributed by atoms with E-state index in [1.807, 2.05) is 31.0 Å². The van der Waals surface area contributed by atoms with Crippen LogP contribution in [0.1, 0.15) is 12.5 Å². The summed E-state index contributed by atoms with van der Waals surface area (Å²) in [6, 6.07) is 13.9. The Balaban J connectivity index is 1.94. The van der Waals surface area contributed by atoms with Crippen molar-refractivity contribution in [1.29, 1.82) is 0 Å². The molecule has 29 heavy (non-hydrogen) atoms. The van der Waals surface area contributed by atoms with Gasteiger partial charge in [0, 0.05) is 18.6 Å². The third kappa shape index (κ3) is 7.23. The molecule has 0 radical (unpaired) electrons. The third-order valence-corrected chi connectivity index (χ3v) is 5.80. The molecule has 0 aliphatic heterocycles. The molecule has 0 bridgehead atoms. The topological polar surface area (TPSA) is 83.0 Å². The Hall–Kier alpha value is -2.29. The number of nitrogens with one attached hydrogen (secondary N) is 2. The van der Waals surface area contributed by atoms with Gasteiger partial charge in [-0.05, 0) is 55.9 Å². The van der Waals surface area contributed by atoms with Gasteiger partial charge in [-0.3, -0.25) is 0 Å². The summed E-state index contributed by atoms with van der Waals surface area (Å²) in [5.74, 6) is 1.51. The maximum absolute atomic E-state index is 11.8. The maximum atomic E-state index is 11.8. The molecule has 0 heterocycles. The molecular weight excluding hydrogens is 412 g/mol. The molecule has 2 aromatic rings. The van der Waals surface area contributed by atoms with Crippen LogP contribution in [0.5, 0.6) is 5.75 Å². The van der Waals surface area contributed by atoms with E-state index in [1.54, 1.807) is 36.4 Å². The molecule has 158 valence electrons. The molecule has 0 spiro atoms. The van der Waals surface area contributed by atoms with Crippen LogP contribution in [0.3, 0.4) is 0 Å². The van der Waals surface area contributed by atoms with Crippen molar-refractivity contribution in [1.82, 2.24) is 14.9 Å². The van der Waals surface area contributed by atoms with Gasteiger partial charge in [0.05, 0.1) is 18.0 Å². The fourth-order valence-corrected chi connectivity index (χ4v) is 3.32. The number of likely N-dealkylation sites (N-methyl/N-ethyl adjacent to an activating group) is 1. The number of halogens is 1. The van der Waals surface area contributed by atoms with E-state index in [-0.39, 0.29) is 4.90 Å². The molecule has 0 atom stereocenters. The zero-order valence-electron chi connectivity index (χ0n) is 16.9. The van der Waals surface area contributed by atoms with E-state index >= 15 is 0 Å². The third-order valence-electron chi connectivity index (χ3n) is 4.12. The van der Waals surface area contributed by atoms with Crippen molar-refractivity contribution in [2.45, 2.75) is 18.4 Å². The number of sulfonamides is 1. The minimum atomic E-state index is -3.43. The van der Waals surface area contributed by atoms with Crippen LogP contribution in [-0.4, -0.2) is 53.1 Å². The van der Waals surface area contributed by atoms with E-state index in [2.05, 4.69) is 15.0 Å². The summed E-state index contributed by atoms with van der Waals surface area (Å²) >= 11 is 5.88. The molecule has 2 rings (SSSR count). The van der Waals surface area contributed by atoms with Crippen LogP contribution in [-0.2, 0) is 16.6 Å². The van der Waals surface area contributed by atoms with Gasteiger partial charge in [-0.2, -0.15) is 0 Å². The van der Waals surface area contributed by atoms with Gasteiger partial charge >= 0.3 is 0 Å².